The number of hydrogen-bond donors (Lipinski definition) is 2. The number of H-pyrrole nitrogens is 1. The standard InChI is InChI=1S/C19H20FN7/c1-27(2)19-23-16(9-6-12-4-3-5-14(20)10-12)21-18(24-19)22-17-11-15(25-26-17)13-7-8-13/h3-6,9-11,13H,7-8H2,1-2H3,(H2,21,22,23,24,25,26)/b9-6+. The molecule has 3 aromatic rings. The highest BCUT2D eigenvalue weighted by molar-refractivity contribution is 5.67. The van der Waals surface area contributed by atoms with Crippen molar-refractivity contribution in [1.29, 1.82) is 0 Å². The van der Waals surface area contributed by atoms with Crippen molar-refractivity contribution in [3.63, 3.8) is 0 Å². The van der Waals surface area contributed by atoms with Gasteiger partial charge in [0.1, 0.15) is 5.82 Å². The van der Waals surface area contributed by atoms with E-state index in [0.29, 0.717) is 29.5 Å². The number of nitrogens with one attached hydrogen (secondary N) is 2. The Morgan fingerprint density at radius 1 is 1.15 bits per heavy atom. The van der Waals surface area contributed by atoms with E-state index in [2.05, 4.69) is 30.5 Å². The molecule has 1 aliphatic carbocycles. The van der Waals surface area contributed by atoms with Gasteiger partial charge in [-0.3, -0.25) is 5.10 Å². The van der Waals surface area contributed by atoms with Gasteiger partial charge in [0.05, 0.1) is 0 Å². The van der Waals surface area contributed by atoms with Crippen LogP contribution in [0.2, 0.25) is 0 Å². The maximum atomic E-state index is 13.3. The summed E-state index contributed by atoms with van der Waals surface area (Å²) < 4.78 is 13.3. The number of hydrogen-bond acceptors (Lipinski definition) is 6. The monoisotopic (exact) mass is 365 g/mol. The van der Waals surface area contributed by atoms with Crippen molar-refractivity contribution in [1.82, 2.24) is 25.1 Å². The van der Waals surface area contributed by atoms with Gasteiger partial charge in [-0.05, 0) is 36.6 Å². The second-order valence-corrected chi connectivity index (χ2v) is 6.71. The molecule has 0 unspecified atom stereocenters. The first-order valence-electron chi connectivity index (χ1n) is 8.76. The lowest BCUT2D eigenvalue weighted by Gasteiger charge is -2.11. The molecule has 4 rings (SSSR count). The second kappa shape index (κ2) is 7.14. The van der Waals surface area contributed by atoms with E-state index in [1.54, 1.807) is 23.1 Å². The highest BCUT2D eigenvalue weighted by atomic mass is 19.1. The van der Waals surface area contributed by atoms with Gasteiger partial charge < -0.3 is 10.2 Å². The fraction of sp³-hybridized carbons (Fsp3) is 0.263. The van der Waals surface area contributed by atoms with Crippen LogP contribution in [0.3, 0.4) is 0 Å². The zero-order chi connectivity index (χ0) is 18.8. The fourth-order valence-corrected chi connectivity index (χ4v) is 2.61. The first-order valence-corrected chi connectivity index (χ1v) is 8.76. The normalized spacial score (nSPS) is 13.9. The van der Waals surface area contributed by atoms with Gasteiger partial charge in [-0.2, -0.15) is 20.1 Å². The topological polar surface area (TPSA) is 82.6 Å². The Labute approximate surface area is 156 Å². The molecule has 0 atom stereocenters. The van der Waals surface area contributed by atoms with E-state index in [0.717, 1.165) is 11.3 Å². The Kier molecular flexibility index (Phi) is 4.53. The molecule has 0 bridgehead atoms. The van der Waals surface area contributed by atoms with Crippen LogP contribution < -0.4 is 10.2 Å². The first-order chi connectivity index (χ1) is 13.1. The van der Waals surface area contributed by atoms with Crippen LogP contribution in [0.1, 0.15) is 35.8 Å². The molecule has 27 heavy (non-hydrogen) atoms. The molecule has 0 amide bonds. The average Bonchev–Trinajstić information content (AvgIpc) is 3.40. The van der Waals surface area contributed by atoms with E-state index in [9.17, 15) is 4.39 Å². The zero-order valence-corrected chi connectivity index (χ0v) is 15.1. The molecule has 0 saturated heterocycles. The van der Waals surface area contributed by atoms with Gasteiger partial charge in [0.15, 0.2) is 11.6 Å². The van der Waals surface area contributed by atoms with Crippen molar-refractivity contribution in [3.05, 3.63) is 53.2 Å². The summed E-state index contributed by atoms with van der Waals surface area (Å²) in [5.74, 6) is 2.37. The number of nitrogens with zero attached hydrogens (tertiary/aromatic N) is 5. The Hall–Kier alpha value is -3.29. The Morgan fingerprint density at radius 3 is 2.74 bits per heavy atom. The summed E-state index contributed by atoms with van der Waals surface area (Å²) in [6.07, 6.45) is 5.90. The molecule has 138 valence electrons. The van der Waals surface area contributed by atoms with E-state index in [4.69, 9.17) is 0 Å². The summed E-state index contributed by atoms with van der Waals surface area (Å²) in [6.45, 7) is 0. The summed E-state index contributed by atoms with van der Waals surface area (Å²) in [5, 5.41) is 10.4. The van der Waals surface area contributed by atoms with E-state index < -0.39 is 0 Å². The van der Waals surface area contributed by atoms with Crippen LogP contribution in [0.5, 0.6) is 0 Å². The van der Waals surface area contributed by atoms with Crippen molar-refractivity contribution >= 4 is 29.9 Å². The summed E-state index contributed by atoms with van der Waals surface area (Å²) in [7, 11) is 3.72. The molecule has 1 aromatic carbocycles. The Morgan fingerprint density at radius 2 is 2.00 bits per heavy atom. The maximum Gasteiger partial charge on any atom is 0.233 e. The number of rotatable bonds is 6. The molecule has 1 saturated carbocycles. The number of halogens is 1. The van der Waals surface area contributed by atoms with E-state index in [1.807, 2.05) is 26.2 Å². The first kappa shape index (κ1) is 17.1. The number of anilines is 3. The lowest BCUT2D eigenvalue weighted by Crippen LogP contribution is -2.15. The van der Waals surface area contributed by atoms with Crippen molar-refractivity contribution in [2.75, 3.05) is 24.3 Å². The molecule has 1 aliphatic rings. The van der Waals surface area contributed by atoms with E-state index in [1.165, 1.54) is 25.0 Å². The van der Waals surface area contributed by atoms with Gasteiger partial charge in [0.25, 0.3) is 0 Å². The number of benzene rings is 1. The smallest absolute Gasteiger partial charge is 0.233 e. The molecule has 0 aliphatic heterocycles. The third-order valence-electron chi connectivity index (χ3n) is 4.17. The quantitative estimate of drug-likeness (QED) is 0.695. The summed E-state index contributed by atoms with van der Waals surface area (Å²) in [6, 6.07) is 8.32. The van der Waals surface area contributed by atoms with Crippen LogP contribution in [0, 0.1) is 5.82 Å². The summed E-state index contributed by atoms with van der Waals surface area (Å²) in [5.41, 5.74) is 1.86. The lowest BCUT2D eigenvalue weighted by atomic mass is 10.2. The molecular formula is C19H20FN7. The van der Waals surface area contributed by atoms with Crippen molar-refractivity contribution in [2.45, 2.75) is 18.8 Å². The van der Waals surface area contributed by atoms with Crippen molar-refractivity contribution in [3.8, 4) is 0 Å². The molecular weight excluding hydrogens is 345 g/mol. The predicted octanol–water partition coefficient (Wildman–Crippen LogP) is 3.59. The van der Waals surface area contributed by atoms with Crippen LogP contribution in [0.4, 0.5) is 22.1 Å². The number of aromatic amines is 1. The highest BCUT2D eigenvalue weighted by Crippen LogP contribution is 2.39. The van der Waals surface area contributed by atoms with Gasteiger partial charge in [-0.25, -0.2) is 4.39 Å². The van der Waals surface area contributed by atoms with Crippen LogP contribution >= 0.6 is 0 Å². The highest BCUT2D eigenvalue weighted by Gasteiger charge is 2.25. The minimum Gasteiger partial charge on any atom is -0.347 e. The maximum absolute atomic E-state index is 13.3. The van der Waals surface area contributed by atoms with Gasteiger partial charge in [0.2, 0.25) is 11.9 Å². The fourth-order valence-electron chi connectivity index (χ4n) is 2.61. The third-order valence-corrected chi connectivity index (χ3v) is 4.17. The van der Waals surface area contributed by atoms with Crippen LogP contribution in [0.25, 0.3) is 12.2 Å². The summed E-state index contributed by atoms with van der Waals surface area (Å²) in [4.78, 5) is 15.0. The van der Waals surface area contributed by atoms with Crippen LogP contribution in [-0.4, -0.2) is 39.2 Å². The third kappa shape index (κ3) is 4.28. The minimum atomic E-state index is -0.283. The molecule has 1 fully saturated rings. The van der Waals surface area contributed by atoms with Gasteiger partial charge in [-0.15, -0.1) is 0 Å². The second-order valence-electron chi connectivity index (χ2n) is 6.71. The Balaban J connectivity index is 1.59. The minimum absolute atomic E-state index is 0.283. The number of aromatic nitrogens is 5. The molecule has 0 spiro atoms. The van der Waals surface area contributed by atoms with E-state index >= 15 is 0 Å². The molecule has 8 heteroatoms. The zero-order valence-electron chi connectivity index (χ0n) is 15.1. The van der Waals surface area contributed by atoms with Gasteiger partial charge in [-0.1, -0.05) is 18.2 Å². The molecule has 7 nitrogen and oxygen atoms in total. The molecule has 2 aromatic heterocycles. The molecule has 2 heterocycles. The van der Waals surface area contributed by atoms with Crippen LogP contribution in [0.15, 0.2) is 30.3 Å². The van der Waals surface area contributed by atoms with Crippen molar-refractivity contribution in [2.24, 2.45) is 0 Å². The lowest BCUT2D eigenvalue weighted by molar-refractivity contribution is 0.627. The predicted molar refractivity (Wildman–Crippen MR) is 103 cm³/mol. The molecule has 2 N–H and O–H groups in total. The SMILES string of the molecule is CN(C)c1nc(/C=C/c2cccc(F)c2)nc(Nc2cc(C3CC3)[nH]n2)n1. The van der Waals surface area contributed by atoms with Crippen LogP contribution in [-0.2, 0) is 0 Å². The Bertz CT molecular complexity index is 976. The van der Waals surface area contributed by atoms with Crippen molar-refractivity contribution < 1.29 is 4.39 Å². The van der Waals surface area contributed by atoms with E-state index in [-0.39, 0.29) is 5.82 Å². The summed E-state index contributed by atoms with van der Waals surface area (Å²) >= 11 is 0. The molecule has 0 radical (unpaired) electrons. The largest absolute Gasteiger partial charge is 0.347 e. The average molecular weight is 365 g/mol. The van der Waals surface area contributed by atoms with Gasteiger partial charge in [0, 0.05) is 31.8 Å². The van der Waals surface area contributed by atoms with Gasteiger partial charge >= 0.3 is 0 Å².